The molecule has 3 fully saturated rings. The van der Waals surface area contributed by atoms with Gasteiger partial charge in [0.1, 0.15) is 0 Å². The number of carbonyl (C=O) groups is 2. The molecule has 5 rings (SSSR count). The van der Waals surface area contributed by atoms with Crippen LogP contribution >= 0.6 is 0 Å². The Morgan fingerprint density at radius 2 is 1.71 bits per heavy atom. The van der Waals surface area contributed by atoms with Gasteiger partial charge >= 0.3 is 0 Å². The molecule has 6 nitrogen and oxygen atoms in total. The van der Waals surface area contributed by atoms with E-state index < -0.39 is 4.92 Å². The molecule has 0 aromatic heterocycles. The van der Waals surface area contributed by atoms with Gasteiger partial charge in [-0.3, -0.25) is 19.7 Å². The summed E-state index contributed by atoms with van der Waals surface area (Å²) in [4.78, 5) is 37.8. The van der Waals surface area contributed by atoms with Gasteiger partial charge < -0.3 is 0 Å². The normalized spacial score (nSPS) is 34.3. The average molecular weight is 324 g/mol. The molecule has 2 bridgehead atoms. The van der Waals surface area contributed by atoms with E-state index in [4.69, 9.17) is 0 Å². The molecule has 4 atom stereocenters. The predicted octanol–water partition coefficient (Wildman–Crippen LogP) is 2.60. The fourth-order valence-electron chi connectivity index (χ4n) is 5.27. The third-order valence-corrected chi connectivity index (χ3v) is 6.50. The van der Waals surface area contributed by atoms with E-state index in [0.717, 1.165) is 12.8 Å². The van der Waals surface area contributed by atoms with Crippen LogP contribution in [0.5, 0.6) is 0 Å². The van der Waals surface area contributed by atoms with Gasteiger partial charge in [0.15, 0.2) is 0 Å². The van der Waals surface area contributed by atoms with Crippen LogP contribution in [0, 0.1) is 46.1 Å². The van der Waals surface area contributed by atoms with Crippen LogP contribution in [0.2, 0.25) is 0 Å². The van der Waals surface area contributed by atoms with E-state index in [2.05, 4.69) is 12.2 Å². The van der Waals surface area contributed by atoms with Crippen molar-refractivity contribution < 1.29 is 14.5 Å². The van der Waals surface area contributed by atoms with Crippen LogP contribution in [0.4, 0.5) is 11.4 Å². The maximum atomic E-state index is 13.0. The van der Waals surface area contributed by atoms with Crippen LogP contribution in [0.15, 0.2) is 30.4 Å². The number of allylic oxidation sites excluding steroid dienone is 2. The quantitative estimate of drug-likeness (QED) is 0.362. The summed E-state index contributed by atoms with van der Waals surface area (Å²) in [5.41, 5.74) is 0.930. The predicted molar refractivity (Wildman–Crippen MR) is 85.1 cm³/mol. The Hall–Kier alpha value is -2.50. The maximum Gasteiger partial charge on any atom is 0.274 e. The van der Waals surface area contributed by atoms with Crippen LogP contribution < -0.4 is 4.90 Å². The number of nitrogens with zero attached hydrogens (tertiary/aromatic N) is 2. The molecule has 1 spiro atoms. The number of aryl methyl sites for hydroxylation is 1. The van der Waals surface area contributed by atoms with Crippen LogP contribution in [0.25, 0.3) is 0 Å². The Kier molecular flexibility index (Phi) is 2.39. The molecule has 0 N–H and O–H groups in total. The zero-order valence-electron chi connectivity index (χ0n) is 13.1. The number of nitro benzene ring substituents is 1. The van der Waals surface area contributed by atoms with Gasteiger partial charge in [0.2, 0.25) is 11.8 Å². The second-order valence-electron chi connectivity index (χ2n) is 7.46. The Balaban J connectivity index is 1.56. The lowest BCUT2D eigenvalue weighted by molar-refractivity contribution is -0.385. The molecule has 24 heavy (non-hydrogen) atoms. The number of imide groups is 1. The number of fused-ring (bicyclic) bond motifs is 3. The zero-order chi connectivity index (χ0) is 16.8. The minimum atomic E-state index is -0.477. The van der Waals surface area contributed by atoms with Gasteiger partial charge in [0, 0.05) is 11.6 Å². The Bertz CT molecular complexity index is 821. The number of rotatable bonds is 2. The first-order valence-electron chi connectivity index (χ1n) is 8.27. The van der Waals surface area contributed by atoms with E-state index in [1.54, 1.807) is 19.1 Å². The summed E-state index contributed by atoms with van der Waals surface area (Å²) in [7, 11) is 0. The molecule has 1 aromatic rings. The zero-order valence-corrected chi connectivity index (χ0v) is 13.1. The van der Waals surface area contributed by atoms with E-state index in [1.807, 2.05) is 0 Å². The van der Waals surface area contributed by atoms with Crippen molar-refractivity contribution in [1.82, 2.24) is 0 Å². The van der Waals surface area contributed by atoms with Crippen molar-refractivity contribution in [2.45, 2.75) is 19.8 Å². The van der Waals surface area contributed by atoms with Crippen LogP contribution in [-0.2, 0) is 9.59 Å². The smallest absolute Gasteiger partial charge is 0.274 e. The third-order valence-electron chi connectivity index (χ3n) is 6.50. The van der Waals surface area contributed by atoms with Crippen molar-refractivity contribution in [1.29, 1.82) is 0 Å². The molecule has 2 saturated carbocycles. The summed E-state index contributed by atoms with van der Waals surface area (Å²) in [5.74, 6) is -0.618. The molecule has 2 amide bonds. The Morgan fingerprint density at radius 3 is 2.21 bits per heavy atom. The summed E-state index contributed by atoms with van der Waals surface area (Å²) in [6, 6.07) is 4.56. The largest absolute Gasteiger partial charge is 0.274 e. The standard InChI is InChI=1S/C18H16N2O4/c1-9-2-3-10(8-13(9)20(23)24)19-16(21)14-11-4-5-12(15(14)17(19)22)18(11)6-7-18/h2-5,8,11-12,14-15H,6-7H2,1H3/t11-,12+,14-,15+. The number of carbonyl (C=O) groups excluding carboxylic acids is 2. The first-order valence-corrected chi connectivity index (χ1v) is 8.27. The van der Waals surface area contributed by atoms with Gasteiger partial charge in [-0.1, -0.05) is 18.2 Å². The Labute approximate surface area is 138 Å². The lowest BCUT2D eigenvalue weighted by Gasteiger charge is -2.21. The first-order chi connectivity index (χ1) is 11.5. The van der Waals surface area contributed by atoms with Crippen molar-refractivity contribution in [3.05, 3.63) is 46.0 Å². The Morgan fingerprint density at radius 1 is 1.12 bits per heavy atom. The van der Waals surface area contributed by atoms with E-state index in [-0.39, 0.29) is 46.6 Å². The fraction of sp³-hybridized carbons (Fsp3) is 0.444. The van der Waals surface area contributed by atoms with Crippen molar-refractivity contribution >= 4 is 23.2 Å². The van der Waals surface area contributed by atoms with E-state index in [0.29, 0.717) is 11.3 Å². The molecule has 1 aromatic carbocycles. The summed E-state index contributed by atoms with van der Waals surface area (Å²) >= 11 is 0. The van der Waals surface area contributed by atoms with E-state index in [9.17, 15) is 19.7 Å². The molecule has 0 radical (unpaired) electrons. The highest BCUT2D eigenvalue weighted by Crippen LogP contribution is 2.73. The van der Waals surface area contributed by atoms with Gasteiger partial charge in [-0.25, -0.2) is 4.90 Å². The van der Waals surface area contributed by atoms with Crippen molar-refractivity contribution in [2.75, 3.05) is 4.90 Å². The van der Waals surface area contributed by atoms with Crippen molar-refractivity contribution in [3.8, 4) is 0 Å². The first kappa shape index (κ1) is 13.9. The molecule has 4 aliphatic rings. The van der Waals surface area contributed by atoms with Gasteiger partial charge in [-0.15, -0.1) is 0 Å². The SMILES string of the molecule is Cc1ccc(N2C(=O)[C@@H]3[C@H](C2=O)[C@H]2C=C[C@@H]3C23CC3)cc1[N+](=O)[O-]. The van der Waals surface area contributed by atoms with Gasteiger partial charge in [0.05, 0.1) is 22.4 Å². The van der Waals surface area contributed by atoms with Gasteiger partial charge in [-0.2, -0.15) is 0 Å². The number of benzene rings is 1. The van der Waals surface area contributed by atoms with Crippen LogP contribution in [-0.4, -0.2) is 16.7 Å². The molecule has 0 unspecified atom stereocenters. The number of hydrogen-bond acceptors (Lipinski definition) is 4. The lowest BCUT2D eigenvalue weighted by atomic mass is 9.85. The van der Waals surface area contributed by atoms with Crippen LogP contribution in [0.1, 0.15) is 18.4 Å². The molecular formula is C18H16N2O4. The fourth-order valence-corrected chi connectivity index (χ4v) is 5.27. The molecule has 122 valence electrons. The molecule has 1 saturated heterocycles. The van der Waals surface area contributed by atoms with E-state index >= 15 is 0 Å². The lowest BCUT2D eigenvalue weighted by Crippen LogP contribution is -2.34. The summed E-state index contributed by atoms with van der Waals surface area (Å²) < 4.78 is 0. The number of amides is 2. The third kappa shape index (κ3) is 1.42. The number of hydrogen-bond donors (Lipinski definition) is 0. The minimum Gasteiger partial charge on any atom is -0.274 e. The topological polar surface area (TPSA) is 80.5 Å². The van der Waals surface area contributed by atoms with E-state index in [1.165, 1.54) is 11.0 Å². The molecule has 6 heteroatoms. The summed E-state index contributed by atoms with van der Waals surface area (Å²) in [6.45, 7) is 1.64. The minimum absolute atomic E-state index is 0.0649. The second-order valence-corrected chi connectivity index (χ2v) is 7.46. The summed E-state index contributed by atoms with van der Waals surface area (Å²) in [6.07, 6.45) is 6.42. The molecule has 1 heterocycles. The maximum absolute atomic E-state index is 13.0. The molecular weight excluding hydrogens is 308 g/mol. The number of anilines is 1. The molecule has 1 aliphatic heterocycles. The van der Waals surface area contributed by atoms with Gasteiger partial charge in [-0.05, 0) is 43.1 Å². The highest BCUT2D eigenvalue weighted by molar-refractivity contribution is 6.23. The van der Waals surface area contributed by atoms with Crippen molar-refractivity contribution in [3.63, 3.8) is 0 Å². The molecule has 3 aliphatic carbocycles. The average Bonchev–Trinajstić information content (AvgIpc) is 3.14. The van der Waals surface area contributed by atoms with Crippen molar-refractivity contribution in [2.24, 2.45) is 29.1 Å². The highest BCUT2D eigenvalue weighted by Gasteiger charge is 2.73. The van der Waals surface area contributed by atoms with Crippen LogP contribution in [0.3, 0.4) is 0 Å². The summed E-state index contributed by atoms with van der Waals surface area (Å²) in [5, 5.41) is 11.2. The second kappa shape index (κ2) is 4.12. The van der Waals surface area contributed by atoms with Gasteiger partial charge in [0.25, 0.3) is 5.69 Å². The monoisotopic (exact) mass is 324 g/mol. The number of nitro groups is 1. The highest BCUT2D eigenvalue weighted by atomic mass is 16.6.